The molecule has 0 aliphatic heterocycles. The van der Waals surface area contributed by atoms with Crippen LogP contribution in [-0.4, -0.2) is 12.6 Å². The van der Waals surface area contributed by atoms with E-state index in [-0.39, 0.29) is 11.4 Å². The first-order valence-corrected chi connectivity index (χ1v) is 15.7. The third-order valence-corrected chi connectivity index (χ3v) is 7.44. The lowest BCUT2D eigenvalue weighted by atomic mass is 9.87. The van der Waals surface area contributed by atoms with Crippen molar-refractivity contribution >= 4 is 5.97 Å². The van der Waals surface area contributed by atoms with Gasteiger partial charge >= 0.3 is 5.97 Å². The lowest BCUT2D eigenvalue weighted by molar-refractivity contribution is -0.154. The monoisotopic (exact) mass is 480 g/mol. The molecule has 0 N–H and O–H groups in total. The van der Waals surface area contributed by atoms with Crippen molar-refractivity contribution in [2.45, 2.75) is 188 Å². The number of unbranched alkanes of at least 4 members (excludes halogenated alkanes) is 22. The van der Waals surface area contributed by atoms with Gasteiger partial charge in [-0.15, -0.1) is 0 Å². The first-order valence-electron chi connectivity index (χ1n) is 15.7. The Bertz CT molecular complexity index is 415. The Morgan fingerprint density at radius 2 is 0.765 bits per heavy atom. The highest BCUT2D eigenvalue weighted by molar-refractivity contribution is 5.75. The van der Waals surface area contributed by atoms with Crippen LogP contribution in [0.3, 0.4) is 0 Å². The summed E-state index contributed by atoms with van der Waals surface area (Å²) in [5, 5.41) is 0. The zero-order chi connectivity index (χ0) is 25.2. The van der Waals surface area contributed by atoms with Crippen molar-refractivity contribution in [3.63, 3.8) is 0 Å². The Hall–Kier alpha value is -0.530. The average Bonchev–Trinajstić information content (AvgIpc) is 2.82. The molecule has 204 valence electrons. The lowest BCUT2D eigenvalue weighted by Gasteiger charge is -2.22. The van der Waals surface area contributed by atoms with Crippen LogP contribution >= 0.6 is 0 Å². The van der Waals surface area contributed by atoms with E-state index >= 15 is 0 Å². The third kappa shape index (κ3) is 23.2. The van der Waals surface area contributed by atoms with Crippen LogP contribution in [0.25, 0.3) is 0 Å². The summed E-state index contributed by atoms with van der Waals surface area (Å²) in [7, 11) is 0. The second-order valence-corrected chi connectivity index (χ2v) is 11.5. The minimum atomic E-state index is -0.324. The summed E-state index contributed by atoms with van der Waals surface area (Å²) in [6, 6.07) is 0. The van der Waals surface area contributed by atoms with E-state index in [9.17, 15) is 4.79 Å². The fourth-order valence-corrected chi connectivity index (χ4v) is 4.81. The molecule has 0 aliphatic carbocycles. The molecule has 34 heavy (non-hydrogen) atoms. The van der Waals surface area contributed by atoms with Gasteiger partial charge in [-0.25, -0.2) is 0 Å². The minimum Gasteiger partial charge on any atom is -0.465 e. The van der Waals surface area contributed by atoms with Gasteiger partial charge in [0.05, 0.1) is 12.0 Å². The van der Waals surface area contributed by atoms with E-state index in [0.29, 0.717) is 6.61 Å². The highest BCUT2D eigenvalue weighted by Crippen LogP contribution is 2.26. The number of hydrogen-bond donors (Lipinski definition) is 0. The first-order chi connectivity index (χ1) is 16.5. The van der Waals surface area contributed by atoms with Crippen LogP contribution in [0.5, 0.6) is 0 Å². The SMILES string of the molecule is CCCCCCCCCCCCCCCCC(C)(C)C(=O)OCCCCCCCCCCCC. The molecule has 0 amide bonds. The van der Waals surface area contributed by atoms with Crippen molar-refractivity contribution in [3.05, 3.63) is 0 Å². The Morgan fingerprint density at radius 1 is 0.471 bits per heavy atom. The van der Waals surface area contributed by atoms with E-state index in [4.69, 9.17) is 4.74 Å². The van der Waals surface area contributed by atoms with Crippen LogP contribution in [0, 0.1) is 5.41 Å². The average molecular weight is 481 g/mol. The zero-order valence-corrected chi connectivity index (χ0v) is 24.2. The number of rotatable bonds is 27. The van der Waals surface area contributed by atoms with Crippen molar-refractivity contribution in [1.29, 1.82) is 0 Å². The summed E-state index contributed by atoms with van der Waals surface area (Å²) in [4.78, 5) is 12.5. The summed E-state index contributed by atoms with van der Waals surface area (Å²) in [6.45, 7) is 9.30. The maximum absolute atomic E-state index is 12.5. The van der Waals surface area contributed by atoms with E-state index in [0.717, 1.165) is 19.3 Å². The zero-order valence-electron chi connectivity index (χ0n) is 24.2. The van der Waals surface area contributed by atoms with Gasteiger partial charge < -0.3 is 4.74 Å². The summed E-state index contributed by atoms with van der Waals surface area (Å²) in [5.74, 6) is 0.0121. The Morgan fingerprint density at radius 3 is 1.12 bits per heavy atom. The molecule has 0 spiro atoms. The van der Waals surface area contributed by atoms with E-state index in [2.05, 4.69) is 27.7 Å². The van der Waals surface area contributed by atoms with Gasteiger partial charge in [0.2, 0.25) is 0 Å². The summed E-state index contributed by atoms with van der Waals surface area (Å²) >= 11 is 0. The molecule has 0 heterocycles. The smallest absolute Gasteiger partial charge is 0.311 e. The van der Waals surface area contributed by atoms with E-state index in [1.165, 1.54) is 141 Å². The number of carbonyl (C=O) groups excluding carboxylic acids is 1. The van der Waals surface area contributed by atoms with Crippen LogP contribution in [0.15, 0.2) is 0 Å². The predicted molar refractivity (Wildman–Crippen MR) is 152 cm³/mol. The summed E-state index contributed by atoms with van der Waals surface area (Å²) in [6.07, 6.45) is 33.4. The molecule has 0 aromatic rings. The molecule has 0 saturated carbocycles. The van der Waals surface area contributed by atoms with E-state index in [1.54, 1.807) is 0 Å². The highest BCUT2D eigenvalue weighted by atomic mass is 16.5. The second kappa shape index (κ2) is 25.6. The molecule has 0 aromatic carbocycles. The fourth-order valence-electron chi connectivity index (χ4n) is 4.81. The van der Waals surface area contributed by atoms with Gasteiger partial charge in [0, 0.05) is 0 Å². The van der Waals surface area contributed by atoms with Gasteiger partial charge in [-0.1, -0.05) is 162 Å². The predicted octanol–water partition coefficient (Wildman–Crippen LogP) is 11.3. The molecule has 0 aromatic heterocycles. The Balaban J connectivity index is 3.44. The van der Waals surface area contributed by atoms with Crippen LogP contribution < -0.4 is 0 Å². The largest absolute Gasteiger partial charge is 0.465 e. The van der Waals surface area contributed by atoms with Gasteiger partial charge in [-0.05, 0) is 26.7 Å². The standard InChI is InChI=1S/C32H64O2/c1-5-7-9-11-13-15-17-18-19-20-21-23-25-27-29-32(3,4)31(33)34-30-28-26-24-22-16-14-12-10-8-6-2/h5-30H2,1-4H3. The van der Waals surface area contributed by atoms with Crippen LogP contribution in [0.2, 0.25) is 0 Å². The number of carbonyl (C=O) groups is 1. The molecule has 2 nitrogen and oxygen atoms in total. The normalized spacial score (nSPS) is 11.8. The molecule has 0 unspecified atom stereocenters. The van der Waals surface area contributed by atoms with Gasteiger partial charge in [-0.3, -0.25) is 4.79 Å². The van der Waals surface area contributed by atoms with Crippen molar-refractivity contribution in [1.82, 2.24) is 0 Å². The van der Waals surface area contributed by atoms with Gasteiger partial charge in [0.15, 0.2) is 0 Å². The van der Waals surface area contributed by atoms with Gasteiger partial charge in [0.25, 0.3) is 0 Å². The quantitative estimate of drug-likeness (QED) is 0.0862. The maximum Gasteiger partial charge on any atom is 0.311 e. The Kier molecular flexibility index (Phi) is 25.2. The van der Waals surface area contributed by atoms with Crippen LogP contribution in [-0.2, 0) is 9.53 Å². The molecule has 2 heteroatoms. The number of esters is 1. The van der Waals surface area contributed by atoms with E-state index < -0.39 is 0 Å². The third-order valence-electron chi connectivity index (χ3n) is 7.44. The summed E-state index contributed by atoms with van der Waals surface area (Å²) in [5.41, 5.74) is -0.324. The molecule has 0 atom stereocenters. The number of hydrogen-bond acceptors (Lipinski definition) is 2. The van der Waals surface area contributed by atoms with Gasteiger partial charge in [-0.2, -0.15) is 0 Å². The molecular formula is C32H64O2. The van der Waals surface area contributed by atoms with Crippen molar-refractivity contribution in [2.24, 2.45) is 5.41 Å². The maximum atomic E-state index is 12.5. The minimum absolute atomic E-state index is 0.0121. The molecular weight excluding hydrogens is 416 g/mol. The van der Waals surface area contributed by atoms with Crippen molar-refractivity contribution in [2.75, 3.05) is 6.61 Å². The van der Waals surface area contributed by atoms with Crippen LogP contribution in [0.4, 0.5) is 0 Å². The van der Waals surface area contributed by atoms with E-state index in [1.807, 2.05) is 0 Å². The Labute approximate surface area is 215 Å². The van der Waals surface area contributed by atoms with Crippen LogP contribution in [0.1, 0.15) is 188 Å². The highest BCUT2D eigenvalue weighted by Gasteiger charge is 2.28. The molecule has 0 rings (SSSR count). The fraction of sp³-hybridized carbons (Fsp3) is 0.969. The van der Waals surface area contributed by atoms with Crippen molar-refractivity contribution in [3.8, 4) is 0 Å². The lowest BCUT2D eigenvalue weighted by Crippen LogP contribution is -2.27. The molecule has 0 radical (unpaired) electrons. The number of ether oxygens (including phenoxy) is 1. The second-order valence-electron chi connectivity index (χ2n) is 11.5. The van der Waals surface area contributed by atoms with Gasteiger partial charge in [0.1, 0.15) is 0 Å². The van der Waals surface area contributed by atoms with Crippen molar-refractivity contribution < 1.29 is 9.53 Å². The molecule has 0 aliphatic rings. The topological polar surface area (TPSA) is 26.3 Å². The first kappa shape index (κ1) is 33.5. The molecule has 0 bridgehead atoms. The summed E-state index contributed by atoms with van der Waals surface area (Å²) < 4.78 is 5.61. The molecule has 0 fully saturated rings. The molecule has 0 saturated heterocycles.